The Morgan fingerprint density at radius 3 is 2.40 bits per heavy atom. The van der Waals surface area contributed by atoms with Gasteiger partial charge in [-0.25, -0.2) is 0 Å². The lowest BCUT2D eigenvalue weighted by molar-refractivity contribution is 0.341. The van der Waals surface area contributed by atoms with Crippen molar-refractivity contribution in [2.75, 3.05) is 0 Å². The number of rotatable bonds is 1. The third kappa shape index (κ3) is 1.82. The minimum atomic E-state index is -0.414. The molecule has 0 unspecified atom stereocenters. The topological polar surface area (TPSA) is 70.7 Å². The Balaban J connectivity index is 2.37. The molecule has 0 aliphatic rings. The molecular formula is C16H12O4. The smallest absolute Gasteiger partial charge is 0.294 e. The van der Waals surface area contributed by atoms with Crippen molar-refractivity contribution < 1.29 is 14.6 Å². The fourth-order valence-electron chi connectivity index (χ4n) is 2.23. The summed E-state index contributed by atoms with van der Waals surface area (Å²) in [5.41, 5.74) is 1.48. The Labute approximate surface area is 114 Å². The van der Waals surface area contributed by atoms with E-state index in [1.165, 1.54) is 12.1 Å². The molecule has 0 saturated carbocycles. The number of phenols is 1. The second-order valence-electron chi connectivity index (χ2n) is 4.61. The second kappa shape index (κ2) is 4.42. The zero-order valence-electron chi connectivity index (χ0n) is 10.8. The molecule has 0 fully saturated rings. The summed E-state index contributed by atoms with van der Waals surface area (Å²) in [5.74, 6) is -0.322. The van der Waals surface area contributed by atoms with Crippen molar-refractivity contribution in [1.29, 1.82) is 0 Å². The van der Waals surface area contributed by atoms with Gasteiger partial charge < -0.3 is 14.6 Å². The van der Waals surface area contributed by atoms with Gasteiger partial charge in [-0.2, -0.15) is 0 Å². The lowest BCUT2D eigenvalue weighted by Gasteiger charge is -2.07. The van der Waals surface area contributed by atoms with Crippen LogP contribution >= 0.6 is 0 Å². The summed E-state index contributed by atoms with van der Waals surface area (Å²) in [4.78, 5) is 12.5. The van der Waals surface area contributed by atoms with Crippen molar-refractivity contribution in [2.24, 2.45) is 0 Å². The molecule has 3 rings (SSSR count). The van der Waals surface area contributed by atoms with E-state index in [-0.39, 0.29) is 16.7 Å². The maximum Gasteiger partial charge on any atom is 0.294 e. The first-order chi connectivity index (χ1) is 9.58. The summed E-state index contributed by atoms with van der Waals surface area (Å²) in [6.07, 6.45) is 0. The average molecular weight is 268 g/mol. The highest BCUT2D eigenvalue weighted by atomic mass is 16.5. The molecule has 0 atom stereocenters. The Morgan fingerprint density at radius 1 is 1.00 bits per heavy atom. The monoisotopic (exact) mass is 268 g/mol. The first-order valence-electron chi connectivity index (χ1n) is 6.12. The van der Waals surface area contributed by atoms with E-state index in [1.54, 1.807) is 24.3 Å². The van der Waals surface area contributed by atoms with Crippen LogP contribution < -0.4 is 5.43 Å². The van der Waals surface area contributed by atoms with Crippen LogP contribution in [0.5, 0.6) is 11.7 Å². The van der Waals surface area contributed by atoms with Crippen LogP contribution in [0.15, 0.2) is 51.7 Å². The van der Waals surface area contributed by atoms with E-state index >= 15 is 0 Å². The fraction of sp³-hybridized carbons (Fsp3) is 0.0625. The van der Waals surface area contributed by atoms with Gasteiger partial charge in [0.05, 0.1) is 5.39 Å². The standard InChI is InChI=1S/C16H12O4/c1-9-3-2-4-12-14(18)13(16(19)20-15(9)12)10-5-7-11(17)8-6-10/h2-8,17,19H,1H3. The fourth-order valence-corrected chi connectivity index (χ4v) is 2.23. The summed E-state index contributed by atoms with van der Waals surface area (Å²) < 4.78 is 5.38. The molecule has 20 heavy (non-hydrogen) atoms. The van der Waals surface area contributed by atoms with Crippen LogP contribution in [-0.4, -0.2) is 10.2 Å². The zero-order valence-corrected chi connectivity index (χ0v) is 10.8. The predicted octanol–water partition coefficient (Wildman–Crippen LogP) is 3.18. The number of hydrogen-bond donors (Lipinski definition) is 2. The summed E-state index contributed by atoms with van der Waals surface area (Å²) >= 11 is 0. The van der Waals surface area contributed by atoms with Crippen LogP contribution in [0, 0.1) is 6.92 Å². The molecule has 3 aromatic rings. The number of phenolic OH excluding ortho intramolecular Hbond substituents is 1. The van der Waals surface area contributed by atoms with Crippen molar-refractivity contribution in [3.63, 3.8) is 0 Å². The van der Waals surface area contributed by atoms with E-state index in [9.17, 15) is 15.0 Å². The van der Waals surface area contributed by atoms with E-state index in [2.05, 4.69) is 0 Å². The van der Waals surface area contributed by atoms with Crippen molar-refractivity contribution in [1.82, 2.24) is 0 Å². The molecular weight excluding hydrogens is 256 g/mol. The van der Waals surface area contributed by atoms with Gasteiger partial charge in [-0.1, -0.05) is 24.3 Å². The Morgan fingerprint density at radius 2 is 1.70 bits per heavy atom. The van der Waals surface area contributed by atoms with Crippen molar-refractivity contribution in [2.45, 2.75) is 6.92 Å². The van der Waals surface area contributed by atoms with Crippen molar-refractivity contribution in [3.8, 4) is 22.8 Å². The Bertz CT molecular complexity index is 845. The molecule has 1 aromatic heterocycles. The minimum Gasteiger partial charge on any atom is -0.508 e. The minimum absolute atomic E-state index is 0.0919. The molecule has 4 heteroatoms. The number of hydrogen-bond acceptors (Lipinski definition) is 4. The molecule has 100 valence electrons. The van der Waals surface area contributed by atoms with Gasteiger partial charge in [0.1, 0.15) is 16.9 Å². The normalized spacial score (nSPS) is 10.8. The van der Waals surface area contributed by atoms with Gasteiger partial charge in [0.2, 0.25) is 5.43 Å². The molecule has 1 heterocycles. The number of para-hydroxylation sites is 1. The van der Waals surface area contributed by atoms with Crippen molar-refractivity contribution >= 4 is 11.0 Å². The SMILES string of the molecule is Cc1cccc2c(=O)c(-c3ccc(O)cc3)c(O)oc12. The van der Waals surface area contributed by atoms with E-state index in [1.807, 2.05) is 13.0 Å². The summed E-state index contributed by atoms with van der Waals surface area (Å²) in [7, 11) is 0. The van der Waals surface area contributed by atoms with Crippen molar-refractivity contribution in [3.05, 3.63) is 58.3 Å². The van der Waals surface area contributed by atoms with E-state index in [0.717, 1.165) is 5.56 Å². The molecule has 2 aromatic carbocycles. The number of aromatic hydroxyl groups is 2. The summed E-state index contributed by atoms with van der Waals surface area (Å²) in [6.45, 7) is 1.81. The van der Waals surface area contributed by atoms with Crippen LogP contribution in [0.25, 0.3) is 22.1 Å². The van der Waals surface area contributed by atoms with Gasteiger partial charge in [-0.05, 0) is 36.2 Å². The maximum atomic E-state index is 12.5. The lowest BCUT2D eigenvalue weighted by atomic mass is 10.0. The molecule has 0 aliphatic heterocycles. The molecule has 4 nitrogen and oxygen atoms in total. The Hall–Kier alpha value is -2.75. The summed E-state index contributed by atoms with van der Waals surface area (Å²) in [5, 5.41) is 19.7. The van der Waals surface area contributed by atoms with Gasteiger partial charge >= 0.3 is 0 Å². The Kier molecular flexibility index (Phi) is 2.71. The first kappa shape index (κ1) is 12.3. The van der Waals surface area contributed by atoms with E-state index in [0.29, 0.717) is 16.5 Å². The molecule has 0 radical (unpaired) electrons. The largest absolute Gasteiger partial charge is 0.508 e. The average Bonchev–Trinajstić information content (AvgIpc) is 2.42. The highest BCUT2D eigenvalue weighted by molar-refractivity contribution is 5.85. The van der Waals surface area contributed by atoms with Crippen LogP contribution in [0.4, 0.5) is 0 Å². The highest BCUT2D eigenvalue weighted by Gasteiger charge is 2.16. The quantitative estimate of drug-likeness (QED) is 0.711. The van der Waals surface area contributed by atoms with E-state index in [4.69, 9.17) is 4.42 Å². The van der Waals surface area contributed by atoms with Crippen LogP contribution in [0.1, 0.15) is 5.56 Å². The zero-order chi connectivity index (χ0) is 14.3. The second-order valence-corrected chi connectivity index (χ2v) is 4.61. The first-order valence-corrected chi connectivity index (χ1v) is 6.12. The number of aryl methyl sites for hydroxylation is 1. The third-order valence-electron chi connectivity index (χ3n) is 3.25. The van der Waals surface area contributed by atoms with Crippen LogP contribution in [-0.2, 0) is 0 Å². The predicted molar refractivity (Wildman–Crippen MR) is 76.0 cm³/mol. The molecule has 0 spiro atoms. The van der Waals surface area contributed by atoms with Gasteiger partial charge in [-0.3, -0.25) is 4.79 Å². The van der Waals surface area contributed by atoms with Crippen LogP contribution in [0.2, 0.25) is 0 Å². The molecule has 2 N–H and O–H groups in total. The van der Waals surface area contributed by atoms with Gasteiger partial charge in [-0.15, -0.1) is 0 Å². The lowest BCUT2D eigenvalue weighted by Crippen LogP contribution is -2.05. The number of fused-ring (bicyclic) bond motifs is 1. The highest BCUT2D eigenvalue weighted by Crippen LogP contribution is 2.31. The van der Waals surface area contributed by atoms with Gasteiger partial charge in [0.15, 0.2) is 0 Å². The molecule has 0 bridgehead atoms. The van der Waals surface area contributed by atoms with E-state index < -0.39 is 5.95 Å². The van der Waals surface area contributed by atoms with Gasteiger partial charge in [0.25, 0.3) is 5.95 Å². The molecule has 0 aliphatic carbocycles. The maximum absolute atomic E-state index is 12.5. The molecule has 0 saturated heterocycles. The summed E-state index contributed by atoms with van der Waals surface area (Å²) in [6, 6.07) is 11.3. The van der Waals surface area contributed by atoms with Gasteiger partial charge in [0, 0.05) is 0 Å². The molecule has 0 amide bonds. The number of benzene rings is 2. The van der Waals surface area contributed by atoms with Crippen LogP contribution in [0.3, 0.4) is 0 Å². The third-order valence-corrected chi connectivity index (χ3v) is 3.25.